The molecule has 0 atom stereocenters. The normalized spacial score (nSPS) is 14.3. The van der Waals surface area contributed by atoms with Gasteiger partial charge in [-0.2, -0.15) is 30.6 Å². The summed E-state index contributed by atoms with van der Waals surface area (Å²) in [6, 6.07) is -1.36. The van der Waals surface area contributed by atoms with E-state index in [-0.39, 0.29) is 0 Å². The molecular weight excluding hydrogens is 519 g/mol. The molecule has 35 heavy (non-hydrogen) atoms. The molecule has 0 saturated heterocycles. The van der Waals surface area contributed by atoms with Crippen molar-refractivity contribution in [3.8, 4) is 0 Å². The van der Waals surface area contributed by atoms with Gasteiger partial charge in [0.05, 0.1) is 9.79 Å². The highest BCUT2D eigenvalue weighted by Crippen LogP contribution is 2.39. The number of hydrogen-bond donors (Lipinski definition) is 0. The molecular formula is C21H31F5N2O5S2. The quantitative estimate of drug-likeness (QED) is 0.312. The van der Waals surface area contributed by atoms with Crippen LogP contribution in [0.3, 0.4) is 0 Å². The first-order valence-electron chi connectivity index (χ1n) is 10.7. The van der Waals surface area contributed by atoms with E-state index in [9.17, 15) is 43.6 Å². The largest absolute Gasteiger partial charge is 0.461 e. The van der Waals surface area contributed by atoms with Gasteiger partial charge in [0.25, 0.3) is 0 Å². The number of Topliss-reactive ketones (excluding diaryl/α,β-unsaturated/α-hetero) is 1. The minimum absolute atomic E-state index is 0.350. The first-order valence-corrected chi connectivity index (χ1v) is 13.6. The summed E-state index contributed by atoms with van der Waals surface area (Å²) >= 11 is 0. The minimum Gasteiger partial charge on any atom is -0.287 e. The van der Waals surface area contributed by atoms with Gasteiger partial charge in [-0.15, -0.1) is 0 Å². The van der Waals surface area contributed by atoms with Crippen molar-refractivity contribution in [3.05, 3.63) is 23.8 Å². The molecule has 0 aliphatic carbocycles. The molecule has 14 heteroatoms. The van der Waals surface area contributed by atoms with Gasteiger partial charge in [0, 0.05) is 29.7 Å². The average Bonchev–Trinajstić information content (AvgIpc) is 2.64. The Morgan fingerprint density at radius 2 is 0.943 bits per heavy atom. The summed E-state index contributed by atoms with van der Waals surface area (Å²) in [5, 5.41) is 0. The number of carbonyl (C=O) groups is 1. The van der Waals surface area contributed by atoms with Gasteiger partial charge in [-0.1, -0.05) is 0 Å². The SMILES string of the molecule is CC(C)N(C(C)C)S(=O)(=O)c1cc(C(=O)C(F)(F)C(F)(F)F)cc(S(=O)(=O)N(C(C)C)C(C)C)c1. The number of rotatable bonds is 10. The predicted molar refractivity (Wildman–Crippen MR) is 120 cm³/mol. The summed E-state index contributed by atoms with van der Waals surface area (Å²) in [7, 11) is -9.23. The van der Waals surface area contributed by atoms with Gasteiger partial charge in [-0.25, -0.2) is 16.8 Å². The van der Waals surface area contributed by atoms with E-state index in [1.54, 1.807) is 0 Å². The predicted octanol–water partition coefficient (Wildman–Crippen LogP) is 4.68. The summed E-state index contributed by atoms with van der Waals surface area (Å²) in [6.45, 7) is 12.0. The topological polar surface area (TPSA) is 91.8 Å². The van der Waals surface area contributed by atoms with Gasteiger partial charge in [0.1, 0.15) is 0 Å². The Morgan fingerprint density at radius 1 is 0.657 bits per heavy atom. The number of benzene rings is 1. The molecule has 0 amide bonds. The van der Waals surface area contributed by atoms with Crippen LogP contribution in [0, 0.1) is 0 Å². The molecule has 0 heterocycles. The first kappa shape index (κ1) is 31.4. The van der Waals surface area contributed by atoms with Crippen LogP contribution in [0.2, 0.25) is 0 Å². The zero-order chi connectivity index (χ0) is 27.9. The van der Waals surface area contributed by atoms with Gasteiger partial charge in [-0.05, 0) is 73.6 Å². The smallest absolute Gasteiger partial charge is 0.287 e. The lowest BCUT2D eigenvalue weighted by Crippen LogP contribution is -2.45. The Kier molecular flexibility index (Phi) is 9.31. The fourth-order valence-electron chi connectivity index (χ4n) is 3.86. The Labute approximate surface area is 203 Å². The van der Waals surface area contributed by atoms with Gasteiger partial charge < -0.3 is 0 Å². The van der Waals surface area contributed by atoms with E-state index in [0.29, 0.717) is 18.2 Å². The number of alkyl halides is 5. The number of ketones is 1. The van der Waals surface area contributed by atoms with Crippen LogP contribution in [0.25, 0.3) is 0 Å². The van der Waals surface area contributed by atoms with Crippen LogP contribution in [0.15, 0.2) is 28.0 Å². The molecule has 0 fully saturated rings. The van der Waals surface area contributed by atoms with Crippen molar-refractivity contribution < 1.29 is 43.6 Å². The van der Waals surface area contributed by atoms with Crippen molar-refractivity contribution in [2.45, 2.75) is 101 Å². The first-order chi connectivity index (χ1) is 15.5. The molecule has 0 unspecified atom stereocenters. The van der Waals surface area contributed by atoms with Crippen LogP contribution in [0.1, 0.15) is 65.7 Å². The van der Waals surface area contributed by atoms with Crippen molar-refractivity contribution >= 4 is 25.8 Å². The number of sulfonamides is 2. The average molecular weight is 551 g/mol. The van der Waals surface area contributed by atoms with E-state index in [0.717, 1.165) is 8.61 Å². The molecule has 0 spiro atoms. The van der Waals surface area contributed by atoms with Gasteiger partial charge >= 0.3 is 12.1 Å². The second kappa shape index (κ2) is 10.4. The van der Waals surface area contributed by atoms with E-state index in [4.69, 9.17) is 0 Å². The molecule has 0 aromatic heterocycles. The molecule has 0 radical (unpaired) electrons. The monoisotopic (exact) mass is 550 g/mol. The zero-order valence-electron chi connectivity index (χ0n) is 20.7. The summed E-state index contributed by atoms with van der Waals surface area (Å²) in [6.07, 6.45) is -6.28. The summed E-state index contributed by atoms with van der Waals surface area (Å²) in [5.41, 5.74) is -1.40. The molecule has 7 nitrogen and oxygen atoms in total. The fraction of sp³-hybridized carbons (Fsp3) is 0.667. The maximum atomic E-state index is 13.9. The molecule has 0 saturated carbocycles. The number of nitrogens with zero attached hydrogens (tertiary/aromatic N) is 2. The molecule has 0 N–H and O–H groups in total. The molecule has 1 rings (SSSR count). The van der Waals surface area contributed by atoms with E-state index in [1.807, 2.05) is 0 Å². The summed E-state index contributed by atoms with van der Waals surface area (Å²) in [5.74, 6) is -8.64. The molecule has 202 valence electrons. The van der Waals surface area contributed by atoms with Crippen molar-refractivity contribution in [2.75, 3.05) is 0 Å². The number of halogens is 5. The van der Waals surface area contributed by atoms with E-state index >= 15 is 0 Å². The van der Waals surface area contributed by atoms with Gasteiger partial charge in [0.2, 0.25) is 25.8 Å². The molecule has 1 aromatic carbocycles. The van der Waals surface area contributed by atoms with E-state index in [1.165, 1.54) is 55.4 Å². The second-order valence-electron chi connectivity index (χ2n) is 9.14. The lowest BCUT2D eigenvalue weighted by Gasteiger charge is -2.31. The van der Waals surface area contributed by atoms with Gasteiger partial charge in [-0.3, -0.25) is 4.79 Å². The maximum absolute atomic E-state index is 13.9. The Morgan fingerprint density at radius 3 is 1.17 bits per heavy atom. The third-order valence-corrected chi connectivity index (χ3v) is 9.43. The van der Waals surface area contributed by atoms with E-state index in [2.05, 4.69) is 0 Å². The molecule has 0 bridgehead atoms. The van der Waals surface area contributed by atoms with Crippen LogP contribution in [-0.2, 0) is 20.0 Å². The van der Waals surface area contributed by atoms with Crippen molar-refractivity contribution in [2.24, 2.45) is 0 Å². The number of hydrogen-bond acceptors (Lipinski definition) is 5. The molecule has 0 aliphatic rings. The van der Waals surface area contributed by atoms with Crippen LogP contribution in [0.5, 0.6) is 0 Å². The third kappa shape index (κ3) is 6.20. The van der Waals surface area contributed by atoms with Gasteiger partial charge in [0.15, 0.2) is 0 Å². The summed E-state index contributed by atoms with van der Waals surface area (Å²) < 4.78 is 122. The zero-order valence-corrected chi connectivity index (χ0v) is 22.3. The second-order valence-corrected chi connectivity index (χ2v) is 12.8. The van der Waals surface area contributed by atoms with Crippen molar-refractivity contribution in [1.82, 2.24) is 8.61 Å². The van der Waals surface area contributed by atoms with Crippen LogP contribution in [0.4, 0.5) is 22.0 Å². The van der Waals surface area contributed by atoms with Crippen LogP contribution >= 0.6 is 0 Å². The van der Waals surface area contributed by atoms with Crippen LogP contribution in [-0.4, -0.2) is 67.5 Å². The lowest BCUT2D eigenvalue weighted by atomic mass is 10.1. The van der Waals surface area contributed by atoms with E-state index < -0.39 is 77.5 Å². The minimum atomic E-state index is -6.28. The summed E-state index contributed by atoms with van der Waals surface area (Å²) in [4.78, 5) is 10.5. The Hall–Kier alpha value is -1.64. The standard InChI is InChI=1S/C21H31F5N2O5S2/c1-12(2)27(13(3)4)34(30,31)17-9-16(19(29)20(22,23)21(24,25)26)10-18(11-17)35(32,33)28(14(5)6)15(7)8/h9-15H,1-8H3. The van der Waals surface area contributed by atoms with Crippen molar-refractivity contribution in [1.29, 1.82) is 0 Å². The molecule has 0 aliphatic heterocycles. The highest BCUT2D eigenvalue weighted by Gasteiger charge is 2.63. The third-order valence-electron chi connectivity index (χ3n) is 4.97. The number of carbonyl (C=O) groups excluding carboxylic acids is 1. The Bertz CT molecular complexity index is 1060. The molecule has 1 aromatic rings. The fourth-order valence-corrected chi connectivity index (χ4v) is 7.74. The highest BCUT2D eigenvalue weighted by molar-refractivity contribution is 7.90. The maximum Gasteiger partial charge on any atom is 0.461 e. The van der Waals surface area contributed by atoms with Crippen LogP contribution < -0.4 is 0 Å². The lowest BCUT2D eigenvalue weighted by molar-refractivity contribution is -0.255. The highest BCUT2D eigenvalue weighted by atomic mass is 32.2. The van der Waals surface area contributed by atoms with Crippen molar-refractivity contribution in [3.63, 3.8) is 0 Å². The Balaban J connectivity index is 4.09.